The van der Waals surface area contributed by atoms with Gasteiger partial charge in [-0.3, -0.25) is 0 Å². The Kier molecular flexibility index (Phi) is 3.77. The zero-order chi connectivity index (χ0) is 10.6. The fourth-order valence-electron chi connectivity index (χ4n) is 1.20. The minimum atomic E-state index is 0.200. The molecule has 74 valence electrons. The maximum absolute atomic E-state index is 3.29. The molecule has 1 heteroatoms. The number of rotatable bonds is 0. The second-order valence-corrected chi connectivity index (χ2v) is 4.83. The van der Waals surface area contributed by atoms with Crippen molar-refractivity contribution in [3.63, 3.8) is 0 Å². The topological polar surface area (TPSA) is 0 Å². The normalized spacial score (nSPS) is 10.6. The first-order valence-corrected chi connectivity index (χ1v) is 5.81. The van der Waals surface area contributed by atoms with Gasteiger partial charge < -0.3 is 0 Å². The lowest BCUT2D eigenvalue weighted by Gasteiger charge is -2.18. The largest absolute Gasteiger partial charge is 0.0863 e. The molecule has 0 amide bonds. The van der Waals surface area contributed by atoms with Crippen molar-refractivity contribution in [2.24, 2.45) is 0 Å². The van der Waals surface area contributed by atoms with Crippen LogP contribution in [-0.2, 0) is 5.41 Å². The van der Waals surface area contributed by atoms with Crippen LogP contribution in [0.1, 0.15) is 31.9 Å². The third-order valence-corrected chi connectivity index (χ3v) is 2.31. The highest BCUT2D eigenvalue weighted by Gasteiger charge is 2.12. The summed E-state index contributed by atoms with van der Waals surface area (Å²) in [5, 5.41) is 0.729. The molecule has 1 aromatic carbocycles. The highest BCUT2D eigenvalue weighted by atomic mass is 79.9. The van der Waals surface area contributed by atoms with Crippen molar-refractivity contribution >= 4 is 15.9 Å². The average Bonchev–Trinajstić information content (AvgIpc) is 2.14. The predicted octanol–water partition coefficient (Wildman–Crippen LogP) is 3.73. The van der Waals surface area contributed by atoms with E-state index in [1.54, 1.807) is 0 Å². The molecule has 0 radical (unpaired) electrons. The molecule has 0 saturated heterocycles. The molecule has 0 aromatic heterocycles. The lowest BCUT2D eigenvalue weighted by Crippen LogP contribution is -2.10. The Bertz CT molecular complexity index is 361. The van der Waals surface area contributed by atoms with Crippen molar-refractivity contribution in [2.45, 2.75) is 26.2 Å². The van der Waals surface area contributed by atoms with Crippen LogP contribution in [0.4, 0.5) is 0 Å². The van der Waals surface area contributed by atoms with Gasteiger partial charge >= 0.3 is 0 Å². The van der Waals surface area contributed by atoms with Crippen LogP contribution in [-0.4, -0.2) is 5.33 Å². The van der Waals surface area contributed by atoms with Gasteiger partial charge in [0.1, 0.15) is 0 Å². The predicted molar refractivity (Wildman–Crippen MR) is 65.8 cm³/mol. The number of alkyl halides is 1. The molecular weight excluding hydrogens is 236 g/mol. The van der Waals surface area contributed by atoms with E-state index in [1.165, 1.54) is 5.56 Å². The van der Waals surface area contributed by atoms with E-state index < -0.39 is 0 Å². The molecule has 0 atom stereocenters. The van der Waals surface area contributed by atoms with E-state index in [0.717, 1.165) is 10.9 Å². The molecule has 0 nitrogen and oxygen atoms in total. The van der Waals surface area contributed by atoms with E-state index in [9.17, 15) is 0 Å². The Morgan fingerprint density at radius 2 is 2.00 bits per heavy atom. The summed E-state index contributed by atoms with van der Waals surface area (Å²) in [5.74, 6) is 6.12. The first-order valence-electron chi connectivity index (χ1n) is 4.69. The monoisotopic (exact) mass is 250 g/mol. The van der Waals surface area contributed by atoms with Gasteiger partial charge in [0.15, 0.2) is 0 Å². The quantitative estimate of drug-likeness (QED) is 0.487. The molecule has 0 heterocycles. The number of hydrogen-bond acceptors (Lipinski definition) is 0. The molecule has 0 saturated carbocycles. The first kappa shape index (κ1) is 11.3. The van der Waals surface area contributed by atoms with Gasteiger partial charge in [-0.1, -0.05) is 60.7 Å². The molecule has 0 aliphatic carbocycles. The number of benzene rings is 1. The van der Waals surface area contributed by atoms with Gasteiger partial charge in [0.2, 0.25) is 0 Å². The van der Waals surface area contributed by atoms with Crippen LogP contribution in [0.15, 0.2) is 24.3 Å². The summed E-state index contributed by atoms with van der Waals surface area (Å²) in [4.78, 5) is 0. The summed E-state index contributed by atoms with van der Waals surface area (Å²) >= 11 is 3.29. The van der Waals surface area contributed by atoms with Crippen LogP contribution in [0.3, 0.4) is 0 Å². The molecule has 14 heavy (non-hydrogen) atoms. The van der Waals surface area contributed by atoms with Crippen LogP contribution in [0.5, 0.6) is 0 Å². The Morgan fingerprint density at radius 3 is 2.57 bits per heavy atom. The second-order valence-electron chi connectivity index (χ2n) is 4.27. The molecule has 1 aromatic rings. The smallest absolute Gasteiger partial charge is 0.0649 e. The van der Waals surface area contributed by atoms with Crippen LogP contribution >= 0.6 is 15.9 Å². The molecule has 0 bridgehead atoms. The standard InChI is InChI=1S/C13H15Br/c1-13(2,3)12-8-4-6-11(10-12)7-5-9-14/h4,6,8,10H,9H2,1-3H3. The zero-order valence-corrected chi connectivity index (χ0v) is 10.5. The third-order valence-electron chi connectivity index (χ3n) is 2.03. The van der Waals surface area contributed by atoms with E-state index in [0.29, 0.717) is 0 Å². The minimum absolute atomic E-state index is 0.200. The Morgan fingerprint density at radius 1 is 1.29 bits per heavy atom. The summed E-state index contributed by atoms with van der Waals surface area (Å²) < 4.78 is 0. The average molecular weight is 251 g/mol. The van der Waals surface area contributed by atoms with Crippen LogP contribution < -0.4 is 0 Å². The Labute approximate surface area is 94.9 Å². The molecule has 0 fully saturated rings. The summed E-state index contributed by atoms with van der Waals surface area (Å²) in [5.41, 5.74) is 2.63. The lowest BCUT2D eigenvalue weighted by molar-refractivity contribution is 0.590. The zero-order valence-electron chi connectivity index (χ0n) is 8.89. The first-order chi connectivity index (χ1) is 6.54. The van der Waals surface area contributed by atoms with Gasteiger partial charge in [0.05, 0.1) is 5.33 Å². The maximum atomic E-state index is 3.29. The molecule has 0 spiro atoms. The van der Waals surface area contributed by atoms with Crippen LogP contribution in [0.25, 0.3) is 0 Å². The van der Waals surface area contributed by atoms with E-state index in [1.807, 2.05) is 6.07 Å². The fourth-order valence-corrected chi connectivity index (χ4v) is 1.34. The van der Waals surface area contributed by atoms with Gasteiger partial charge in [0.25, 0.3) is 0 Å². The summed E-state index contributed by atoms with van der Waals surface area (Å²) in [6.07, 6.45) is 0. The van der Waals surface area contributed by atoms with Crippen molar-refractivity contribution in [2.75, 3.05) is 5.33 Å². The lowest BCUT2D eigenvalue weighted by atomic mass is 9.86. The SMILES string of the molecule is CC(C)(C)c1cccc(C#CCBr)c1. The third kappa shape index (κ3) is 3.20. The van der Waals surface area contributed by atoms with Crippen LogP contribution in [0, 0.1) is 11.8 Å². The molecule has 0 N–H and O–H groups in total. The number of halogens is 1. The maximum Gasteiger partial charge on any atom is 0.0649 e. The second kappa shape index (κ2) is 4.66. The number of hydrogen-bond donors (Lipinski definition) is 0. The van der Waals surface area contributed by atoms with E-state index in [4.69, 9.17) is 0 Å². The Balaban J connectivity index is 3.02. The van der Waals surface area contributed by atoms with Crippen molar-refractivity contribution in [3.05, 3.63) is 35.4 Å². The van der Waals surface area contributed by atoms with Gasteiger partial charge in [-0.15, -0.1) is 0 Å². The molecule has 0 unspecified atom stereocenters. The van der Waals surface area contributed by atoms with Gasteiger partial charge in [-0.05, 0) is 23.1 Å². The van der Waals surface area contributed by atoms with E-state index in [2.05, 4.69) is 66.7 Å². The molecular formula is C13H15Br. The van der Waals surface area contributed by atoms with Crippen molar-refractivity contribution < 1.29 is 0 Å². The summed E-state index contributed by atoms with van der Waals surface area (Å²) in [6, 6.07) is 8.43. The van der Waals surface area contributed by atoms with Crippen molar-refractivity contribution in [1.82, 2.24) is 0 Å². The van der Waals surface area contributed by atoms with E-state index in [-0.39, 0.29) is 5.41 Å². The molecule has 1 rings (SSSR count). The fraction of sp³-hybridized carbons (Fsp3) is 0.385. The van der Waals surface area contributed by atoms with Crippen molar-refractivity contribution in [3.8, 4) is 11.8 Å². The summed E-state index contributed by atoms with van der Waals surface area (Å²) in [6.45, 7) is 6.64. The molecule has 0 aliphatic rings. The van der Waals surface area contributed by atoms with Gasteiger partial charge in [0, 0.05) is 5.56 Å². The highest BCUT2D eigenvalue weighted by molar-refractivity contribution is 9.09. The summed E-state index contributed by atoms with van der Waals surface area (Å²) in [7, 11) is 0. The van der Waals surface area contributed by atoms with Crippen molar-refractivity contribution in [1.29, 1.82) is 0 Å². The Hall–Kier alpha value is -0.740. The van der Waals surface area contributed by atoms with Gasteiger partial charge in [-0.25, -0.2) is 0 Å². The minimum Gasteiger partial charge on any atom is -0.0863 e. The van der Waals surface area contributed by atoms with Gasteiger partial charge in [-0.2, -0.15) is 0 Å². The molecule has 0 aliphatic heterocycles. The van der Waals surface area contributed by atoms with E-state index >= 15 is 0 Å². The van der Waals surface area contributed by atoms with Crippen LogP contribution in [0.2, 0.25) is 0 Å². The highest BCUT2D eigenvalue weighted by Crippen LogP contribution is 2.22.